The van der Waals surface area contributed by atoms with Gasteiger partial charge in [0, 0.05) is 12.8 Å². The smallest absolute Gasteiger partial charge is 0.317 e. The minimum absolute atomic E-state index is 0.0247. The second-order valence-corrected chi connectivity index (χ2v) is 15.3. The van der Waals surface area contributed by atoms with Crippen LogP contribution in [0.15, 0.2) is 0 Å². The third kappa shape index (κ3) is 37.9. The molecule has 0 saturated carbocycles. The maximum absolute atomic E-state index is 12.7. The van der Waals surface area contributed by atoms with Crippen LogP contribution >= 0.6 is 0 Å². The van der Waals surface area contributed by atoms with E-state index in [4.69, 9.17) is 9.47 Å². The Hall–Kier alpha value is -1.63. The van der Waals surface area contributed by atoms with E-state index >= 15 is 0 Å². The summed E-state index contributed by atoms with van der Waals surface area (Å²) < 4.78 is 11.4. The Kier molecular flexibility index (Phi) is 38.3. The summed E-state index contributed by atoms with van der Waals surface area (Å²) in [6, 6.07) is 0. The van der Waals surface area contributed by atoms with Crippen LogP contribution in [-0.2, 0) is 23.9 Å². The Balaban J connectivity index is 4.04. The van der Waals surface area contributed by atoms with Crippen molar-refractivity contribution in [2.45, 2.75) is 239 Å². The number of carbonyl (C=O) groups is 3. The van der Waals surface area contributed by atoms with Gasteiger partial charge in [-0.3, -0.25) is 19.3 Å². The molecule has 0 aliphatic carbocycles. The lowest BCUT2D eigenvalue weighted by Gasteiger charge is -2.20. The number of nitrogens with zero attached hydrogens (tertiary/aromatic N) is 1. The standard InChI is InChI=1S/C44H85NO6/c1-4-7-10-13-16-25-32-39-50-43(48)35-28-21-17-23-30-37-45(40-42(46)47)38-31-24-18-22-29-36-44(49)51-41(33-26-19-14-11-8-5-2)34-27-20-15-12-9-6-3/h41H,4-40H2,1-3H3,(H,46,47). The maximum atomic E-state index is 12.7. The molecule has 0 atom stereocenters. The summed E-state index contributed by atoms with van der Waals surface area (Å²) in [5, 5.41) is 9.38. The van der Waals surface area contributed by atoms with Crippen molar-refractivity contribution >= 4 is 17.9 Å². The molecule has 51 heavy (non-hydrogen) atoms. The van der Waals surface area contributed by atoms with Crippen molar-refractivity contribution in [3.05, 3.63) is 0 Å². The molecule has 1 N–H and O–H groups in total. The van der Waals surface area contributed by atoms with Crippen LogP contribution in [0.2, 0.25) is 0 Å². The molecule has 0 aliphatic heterocycles. The van der Waals surface area contributed by atoms with E-state index in [1.165, 1.54) is 96.3 Å². The molecule has 0 aliphatic rings. The zero-order valence-corrected chi connectivity index (χ0v) is 34.2. The number of carboxylic acids is 1. The van der Waals surface area contributed by atoms with Gasteiger partial charge in [0.25, 0.3) is 0 Å². The molecule has 7 heteroatoms. The summed E-state index contributed by atoms with van der Waals surface area (Å²) in [6.07, 6.45) is 36.8. The highest BCUT2D eigenvalue weighted by atomic mass is 16.5. The summed E-state index contributed by atoms with van der Waals surface area (Å²) in [4.78, 5) is 38.1. The van der Waals surface area contributed by atoms with Gasteiger partial charge in [0.1, 0.15) is 6.10 Å². The average Bonchev–Trinajstić information content (AvgIpc) is 3.10. The molecule has 0 spiro atoms. The quantitative estimate of drug-likeness (QED) is 0.0496. The van der Waals surface area contributed by atoms with Gasteiger partial charge in [-0.25, -0.2) is 0 Å². The first-order valence-electron chi connectivity index (χ1n) is 22.2. The molecule has 0 fully saturated rings. The van der Waals surface area contributed by atoms with Gasteiger partial charge in [0.05, 0.1) is 13.2 Å². The van der Waals surface area contributed by atoms with Crippen LogP contribution in [0, 0.1) is 0 Å². The number of carboxylic acid groups (broad SMARTS) is 1. The lowest BCUT2D eigenvalue weighted by molar-refractivity contribution is -0.150. The van der Waals surface area contributed by atoms with Gasteiger partial charge in [-0.15, -0.1) is 0 Å². The zero-order chi connectivity index (χ0) is 37.5. The third-order valence-electron chi connectivity index (χ3n) is 10.1. The van der Waals surface area contributed by atoms with E-state index in [-0.39, 0.29) is 24.6 Å². The van der Waals surface area contributed by atoms with Crippen molar-refractivity contribution in [2.75, 3.05) is 26.2 Å². The molecular formula is C44H85NO6. The van der Waals surface area contributed by atoms with Crippen molar-refractivity contribution < 1.29 is 29.0 Å². The number of carbonyl (C=O) groups excluding carboxylic acids is 2. The first-order chi connectivity index (χ1) is 24.9. The van der Waals surface area contributed by atoms with Crippen LogP contribution < -0.4 is 0 Å². The van der Waals surface area contributed by atoms with Crippen molar-refractivity contribution in [1.29, 1.82) is 0 Å². The molecule has 302 valence electrons. The lowest BCUT2D eigenvalue weighted by Crippen LogP contribution is -2.31. The molecule has 0 rings (SSSR count). The Morgan fingerprint density at radius 1 is 0.471 bits per heavy atom. The Bertz CT molecular complexity index is 759. The second-order valence-electron chi connectivity index (χ2n) is 15.3. The van der Waals surface area contributed by atoms with Gasteiger partial charge in [-0.2, -0.15) is 0 Å². The zero-order valence-electron chi connectivity index (χ0n) is 34.2. The number of aliphatic carboxylic acids is 1. The van der Waals surface area contributed by atoms with Crippen LogP contribution in [0.4, 0.5) is 0 Å². The molecule has 0 aromatic carbocycles. The van der Waals surface area contributed by atoms with Crippen LogP contribution in [0.5, 0.6) is 0 Å². The minimum atomic E-state index is -0.769. The number of esters is 2. The number of unbranched alkanes of at least 4 members (excludes halogenated alkanes) is 24. The first-order valence-corrected chi connectivity index (χ1v) is 22.2. The molecule has 0 aromatic rings. The van der Waals surface area contributed by atoms with E-state index in [9.17, 15) is 19.5 Å². The fourth-order valence-corrected chi connectivity index (χ4v) is 6.86. The predicted molar refractivity (Wildman–Crippen MR) is 214 cm³/mol. The van der Waals surface area contributed by atoms with Crippen LogP contribution in [-0.4, -0.2) is 60.3 Å². The average molecular weight is 724 g/mol. The van der Waals surface area contributed by atoms with Gasteiger partial charge in [0.15, 0.2) is 0 Å². The molecule has 0 heterocycles. The molecule has 0 radical (unpaired) electrons. The largest absolute Gasteiger partial charge is 0.480 e. The van der Waals surface area contributed by atoms with Crippen molar-refractivity contribution in [2.24, 2.45) is 0 Å². The van der Waals surface area contributed by atoms with Crippen molar-refractivity contribution in [1.82, 2.24) is 4.90 Å². The summed E-state index contributed by atoms with van der Waals surface area (Å²) in [5.41, 5.74) is 0. The number of hydrogen-bond acceptors (Lipinski definition) is 6. The molecule has 0 bridgehead atoms. The molecule has 0 amide bonds. The summed E-state index contributed by atoms with van der Waals surface area (Å²) in [6.45, 7) is 8.98. The molecule has 0 unspecified atom stereocenters. The molecular weight excluding hydrogens is 638 g/mol. The Labute approximate surface area is 316 Å². The van der Waals surface area contributed by atoms with E-state index < -0.39 is 5.97 Å². The fourth-order valence-electron chi connectivity index (χ4n) is 6.86. The molecule has 0 saturated heterocycles. The van der Waals surface area contributed by atoms with Gasteiger partial charge >= 0.3 is 17.9 Å². The van der Waals surface area contributed by atoms with Crippen LogP contribution in [0.3, 0.4) is 0 Å². The highest BCUT2D eigenvalue weighted by molar-refractivity contribution is 5.70. The normalized spacial score (nSPS) is 11.5. The molecule has 0 aromatic heterocycles. The van der Waals surface area contributed by atoms with E-state index in [1.54, 1.807) is 0 Å². The highest BCUT2D eigenvalue weighted by Crippen LogP contribution is 2.18. The Morgan fingerprint density at radius 2 is 0.843 bits per heavy atom. The van der Waals surface area contributed by atoms with E-state index in [0.717, 1.165) is 116 Å². The predicted octanol–water partition coefficient (Wildman–Crippen LogP) is 12.8. The third-order valence-corrected chi connectivity index (χ3v) is 10.1. The Morgan fingerprint density at radius 3 is 1.29 bits per heavy atom. The topological polar surface area (TPSA) is 93.1 Å². The van der Waals surface area contributed by atoms with Crippen molar-refractivity contribution in [3.63, 3.8) is 0 Å². The highest BCUT2D eigenvalue weighted by Gasteiger charge is 2.15. The van der Waals surface area contributed by atoms with Crippen LogP contribution in [0.25, 0.3) is 0 Å². The fraction of sp³-hybridized carbons (Fsp3) is 0.932. The minimum Gasteiger partial charge on any atom is -0.480 e. The van der Waals surface area contributed by atoms with Gasteiger partial charge in [0.2, 0.25) is 0 Å². The number of hydrogen-bond donors (Lipinski definition) is 1. The van der Waals surface area contributed by atoms with Gasteiger partial charge < -0.3 is 14.6 Å². The first kappa shape index (κ1) is 49.4. The summed E-state index contributed by atoms with van der Waals surface area (Å²) in [5.74, 6) is -0.863. The summed E-state index contributed by atoms with van der Waals surface area (Å²) >= 11 is 0. The lowest BCUT2D eigenvalue weighted by atomic mass is 10.0. The van der Waals surface area contributed by atoms with E-state index in [2.05, 4.69) is 25.7 Å². The number of ether oxygens (including phenoxy) is 2. The maximum Gasteiger partial charge on any atom is 0.317 e. The van der Waals surface area contributed by atoms with Crippen molar-refractivity contribution in [3.8, 4) is 0 Å². The SMILES string of the molecule is CCCCCCCCCOC(=O)CCCCCCCN(CCCCCCCC(=O)OC(CCCCCCCC)CCCCCCCC)CC(=O)O. The number of rotatable bonds is 41. The van der Waals surface area contributed by atoms with Gasteiger partial charge in [-0.05, 0) is 70.9 Å². The van der Waals surface area contributed by atoms with E-state index in [1.807, 2.05) is 0 Å². The summed E-state index contributed by atoms with van der Waals surface area (Å²) in [7, 11) is 0. The monoisotopic (exact) mass is 724 g/mol. The molecule has 7 nitrogen and oxygen atoms in total. The second kappa shape index (κ2) is 39.6. The van der Waals surface area contributed by atoms with Crippen LogP contribution in [0.1, 0.15) is 233 Å². The van der Waals surface area contributed by atoms with E-state index in [0.29, 0.717) is 19.4 Å². The van der Waals surface area contributed by atoms with Gasteiger partial charge in [-0.1, -0.05) is 162 Å².